The Morgan fingerprint density at radius 1 is 0.968 bits per heavy atom. The zero-order valence-corrected chi connectivity index (χ0v) is 16.7. The molecule has 0 bridgehead atoms. The maximum Gasteiger partial charge on any atom is 0.251 e. The second kappa shape index (κ2) is 8.28. The second-order valence-corrected chi connectivity index (χ2v) is 7.30. The van der Waals surface area contributed by atoms with Crippen LogP contribution in [-0.2, 0) is 13.1 Å². The highest BCUT2D eigenvalue weighted by Gasteiger charge is 2.14. The SMILES string of the molecule is O=C(NCc1ccccc1Cn1ccnc1)c1ccc2noc(-c3ccccc3)c2c1. The highest BCUT2D eigenvalue weighted by Crippen LogP contribution is 2.29. The van der Waals surface area contributed by atoms with Gasteiger partial charge >= 0.3 is 0 Å². The van der Waals surface area contributed by atoms with Crippen LogP contribution in [0.15, 0.2) is 96.0 Å². The molecule has 0 atom stereocenters. The number of imidazole rings is 1. The average molecular weight is 408 g/mol. The molecule has 0 aliphatic rings. The minimum atomic E-state index is -0.139. The number of carbonyl (C=O) groups excluding carboxylic acids is 1. The third kappa shape index (κ3) is 3.96. The van der Waals surface area contributed by atoms with Gasteiger partial charge < -0.3 is 14.4 Å². The summed E-state index contributed by atoms with van der Waals surface area (Å²) < 4.78 is 7.55. The molecule has 0 unspecified atom stereocenters. The van der Waals surface area contributed by atoms with Gasteiger partial charge in [-0.3, -0.25) is 4.79 Å². The molecule has 6 nitrogen and oxygen atoms in total. The molecule has 0 aliphatic heterocycles. The lowest BCUT2D eigenvalue weighted by Crippen LogP contribution is -2.23. The van der Waals surface area contributed by atoms with Gasteiger partial charge in [-0.2, -0.15) is 0 Å². The van der Waals surface area contributed by atoms with Crippen LogP contribution in [-0.4, -0.2) is 20.6 Å². The molecule has 31 heavy (non-hydrogen) atoms. The van der Waals surface area contributed by atoms with Crippen molar-refractivity contribution < 1.29 is 9.32 Å². The highest BCUT2D eigenvalue weighted by atomic mass is 16.5. The number of nitrogens with one attached hydrogen (secondary N) is 1. The first-order valence-electron chi connectivity index (χ1n) is 10.0. The molecule has 2 aromatic heterocycles. The molecule has 5 aromatic rings. The van der Waals surface area contributed by atoms with Crippen molar-refractivity contribution >= 4 is 16.8 Å². The number of fused-ring (bicyclic) bond motifs is 1. The summed E-state index contributed by atoms with van der Waals surface area (Å²) in [5, 5.41) is 7.98. The van der Waals surface area contributed by atoms with Gasteiger partial charge in [0.25, 0.3) is 5.91 Å². The Bertz CT molecular complexity index is 1320. The average Bonchev–Trinajstić information content (AvgIpc) is 3.48. The predicted molar refractivity (Wildman–Crippen MR) is 118 cm³/mol. The van der Waals surface area contributed by atoms with Gasteiger partial charge in [-0.05, 0) is 29.3 Å². The van der Waals surface area contributed by atoms with Gasteiger partial charge in [0.05, 0.1) is 11.7 Å². The molecule has 6 heteroatoms. The fraction of sp³-hybridized carbons (Fsp3) is 0.0800. The van der Waals surface area contributed by atoms with Crippen molar-refractivity contribution in [1.29, 1.82) is 0 Å². The van der Waals surface area contributed by atoms with Gasteiger partial charge in [0.2, 0.25) is 0 Å². The molecule has 0 saturated carbocycles. The normalized spacial score (nSPS) is 11.0. The molecule has 0 radical (unpaired) electrons. The number of nitrogens with zero attached hydrogens (tertiary/aromatic N) is 3. The molecule has 0 saturated heterocycles. The molecule has 5 rings (SSSR count). The first-order valence-corrected chi connectivity index (χ1v) is 10.0. The Balaban J connectivity index is 1.36. The van der Waals surface area contributed by atoms with Crippen LogP contribution < -0.4 is 5.32 Å². The van der Waals surface area contributed by atoms with Gasteiger partial charge in [0.15, 0.2) is 5.76 Å². The largest absolute Gasteiger partial charge is 0.355 e. The maximum atomic E-state index is 12.9. The van der Waals surface area contributed by atoms with E-state index in [1.165, 1.54) is 0 Å². The lowest BCUT2D eigenvalue weighted by molar-refractivity contribution is 0.0951. The number of carbonyl (C=O) groups is 1. The summed E-state index contributed by atoms with van der Waals surface area (Å²) in [6.45, 7) is 1.15. The third-order valence-electron chi connectivity index (χ3n) is 5.24. The van der Waals surface area contributed by atoms with Gasteiger partial charge in [-0.15, -0.1) is 0 Å². The Morgan fingerprint density at radius 2 is 1.77 bits per heavy atom. The first kappa shape index (κ1) is 18.8. The van der Waals surface area contributed by atoms with Gasteiger partial charge in [0, 0.05) is 36.6 Å². The number of amides is 1. The summed E-state index contributed by atoms with van der Waals surface area (Å²) in [7, 11) is 0. The van der Waals surface area contributed by atoms with Gasteiger partial charge in [0.1, 0.15) is 5.52 Å². The Kier molecular flexibility index (Phi) is 5.02. The summed E-state index contributed by atoms with van der Waals surface area (Å²) in [6.07, 6.45) is 5.47. The molecule has 2 heterocycles. The van der Waals surface area contributed by atoms with E-state index in [4.69, 9.17) is 4.52 Å². The van der Waals surface area contributed by atoms with E-state index in [1.54, 1.807) is 18.6 Å². The van der Waals surface area contributed by atoms with E-state index in [9.17, 15) is 4.79 Å². The quantitative estimate of drug-likeness (QED) is 0.443. The highest BCUT2D eigenvalue weighted by molar-refractivity contribution is 6.00. The monoisotopic (exact) mass is 408 g/mol. The smallest absolute Gasteiger partial charge is 0.251 e. The molecular weight excluding hydrogens is 388 g/mol. The summed E-state index contributed by atoms with van der Waals surface area (Å²) in [5.41, 5.74) is 4.43. The molecule has 0 aliphatic carbocycles. The van der Waals surface area contributed by atoms with Crippen LogP contribution in [0.2, 0.25) is 0 Å². The maximum absolute atomic E-state index is 12.9. The van der Waals surface area contributed by atoms with E-state index in [2.05, 4.69) is 21.5 Å². The minimum absolute atomic E-state index is 0.139. The van der Waals surface area contributed by atoms with Crippen LogP contribution in [0.1, 0.15) is 21.5 Å². The standard InChI is InChI=1S/C25H20N4O2/c30-25(27-15-20-8-4-5-9-21(20)16-29-13-12-26-17-29)19-10-11-23-22(14-19)24(31-28-23)18-6-2-1-3-7-18/h1-14,17H,15-16H2,(H,27,30). The van der Waals surface area contributed by atoms with Crippen LogP contribution in [0.5, 0.6) is 0 Å². The zero-order chi connectivity index (χ0) is 21.0. The second-order valence-electron chi connectivity index (χ2n) is 7.30. The van der Waals surface area contributed by atoms with Gasteiger partial charge in [-0.1, -0.05) is 59.8 Å². The Labute approximate surface area is 179 Å². The van der Waals surface area contributed by atoms with Crippen molar-refractivity contribution in [3.05, 3.63) is 108 Å². The van der Waals surface area contributed by atoms with Crippen LogP contribution in [0, 0.1) is 0 Å². The topological polar surface area (TPSA) is 73.0 Å². The molecule has 1 N–H and O–H groups in total. The Morgan fingerprint density at radius 3 is 2.58 bits per heavy atom. The van der Waals surface area contributed by atoms with Crippen molar-refractivity contribution in [3.8, 4) is 11.3 Å². The third-order valence-corrected chi connectivity index (χ3v) is 5.24. The number of rotatable bonds is 6. The summed E-state index contributed by atoms with van der Waals surface area (Å²) >= 11 is 0. The van der Waals surface area contributed by atoms with Gasteiger partial charge in [-0.25, -0.2) is 4.98 Å². The van der Waals surface area contributed by atoms with Crippen molar-refractivity contribution in [2.75, 3.05) is 0 Å². The van der Waals surface area contributed by atoms with E-state index in [-0.39, 0.29) is 5.91 Å². The number of aromatic nitrogens is 3. The lowest BCUT2D eigenvalue weighted by Gasteiger charge is -2.11. The molecule has 3 aromatic carbocycles. The fourth-order valence-electron chi connectivity index (χ4n) is 3.62. The zero-order valence-electron chi connectivity index (χ0n) is 16.7. The van der Waals surface area contributed by atoms with Crippen LogP contribution in [0.4, 0.5) is 0 Å². The minimum Gasteiger partial charge on any atom is -0.355 e. The van der Waals surface area contributed by atoms with E-state index < -0.39 is 0 Å². The van der Waals surface area contributed by atoms with Crippen molar-refractivity contribution in [1.82, 2.24) is 20.0 Å². The van der Waals surface area contributed by atoms with Crippen molar-refractivity contribution in [3.63, 3.8) is 0 Å². The molecular formula is C25H20N4O2. The summed E-state index contributed by atoms with van der Waals surface area (Å²) in [6, 6.07) is 23.3. The Hall–Kier alpha value is -4.19. The fourth-order valence-corrected chi connectivity index (χ4v) is 3.62. The number of hydrogen-bond donors (Lipinski definition) is 1. The molecule has 152 valence electrons. The van der Waals surface area contributed by atoms with E-state index in [0.29, 0.717) is 24.4 Å². The van der Waals surface area contributed by atoms with Crippen molar-refractivity contribution in [2.45, 2.75) is 13.1 Å². The van der Waals surface area contributed by atoms with E-state index in [0.717, 1.165) is 27.6 Å². The number of benzene rings is 3. The summed E-state index contributed by atoms with van der Waals surface area (Å²) in [5.74, 6) is 0.524. The van der Waals surface area contributed by atoms with E-state index >= 15 is 0 Å². The van der Waals surface area contributed by atoms with Crippen LogP contribution in [0.3, 0.4) is 0 Å². The first-order chi connectivity index (χ1) is 15.3. The predicted octanol–water partition coefficient (Wildman–Crippen LogP) is 4.67. The summed E-state index contributed by atoms with van der Waals surface area (Å²) in [4.78, 5) is 17.0. The molecule has 0 fully saturated rings. The molecule has 1 amide bonds. The van der Waals surface area contributed by atoms with Crippen LogP contribution in [0.25, 0.3) is 22.2 Å². The van der Waals surface area contributed by atoms with Crippen molar-refractivity contribution in [2.24, 2.45) is 0 Å². The lowest BCUT2D eigenvalue weighted by atomic mass is 10.1. The van der Waals surface area contributed by atoms with E-state index in [1.807, 2.05) is 71.4 Å². The van der Waals surface area contributed by atoms with Crippen LogP contribution >= 0.6 is 0 Å². The molecule has 0 spiro atoms. The number of hydrogen-bond acceptors (Lipinski definition) is 4.